The van der Waals surface area contributed by atoms with Crippen molar-refractivity contribution < 1.29 is 14.6 Å². The maximum Gasteiger partial charge on any atom is 0.412 e. The van der Waals surface area contributed by atoms with Crippen LogP contribution in [-0.2, 0) is 11.3 Å². The second-order valence-corrected chi connectivity index (χ2v) is 6.75. The van der Waals surface area contributed by atoms with Gasteiger partial charge in [0.2, 0.25) is 0 Å². The lowest BCUT2D eigenvalue weighted by atomic mass is 10.2. The molecule has 0 unspecified atom stereocenters. The Kier molecular flexibility index (Phi) is 5.42. The molecular formula is C17H26N2O3. The van der Waals surface area contributed by atoms with E-state index in [1.807, 2.05) is 45.0 Å². The van der Waals surface area contributed by atoms with Crippen LogP contribution in [-0.4, -0.2) is 40.9 Å². The molecule has 5 heteroatoms. The monoisotopic (exact) mass is 306 g/mol. The summed E-state index contributed by atoms with van der Waals surface area (Å²) in [7, 11) is 0. The molecule has 0 aliphatic heterocycles. The van der Waals surface area contributed by atoms with Crippen molar-refractivity contribution in [3.05, 3.63) is 29.8 Å². The number of hydrogen-bond donors (Lipinski definition) is 2. The van der Waals surface area contributed by atoms with Gasteiger partial charge in [0, 0.05) is 24.8 Å². The molecule has 1 aromatic carbocycles. The molecule has 2 N–H and O–H groups in total. The Morgan fingerprint density at radius 2 is 2.14 bits per heavy atom. The summed E-state index contributed by atoms with van der Waals surface area (Å²) in [6.45, 7) is 7.16. The Bertz CT molecular complexity index is 507. The van der Waals surface area contributed by atoms with Crippen molar-refractivity contribution in [2.45, 2.75) is 51.8 Å². The van der Waals surface area contributed by atoms with Gasteiger partial charge < -0.3 is 9.84 Å². The van der Waals surface area contributed by atoms with Gasteiger partial charge in [0.05, 0.1) is 6.61 Å². The molecule has 5 nitrogen and oxygen atoms in total. The molecule has 0 spiro atoms. The average molecular weight is 306 g/mol. The molecule has 1 amide bonds. The van der Waals surface area contributed by atoms with Crippen LogP contribution < -0.4 is 5.32 Å². The molecule has 0 heterocycles. The lowest BCUT2D eigenvalue weighted by Gasteiger charge is -2.22. The molecule has 1 fully saturated rings. The van der Waals surface area contributed by atoms with Crippen molar-refractivity contribution in [1.82, 2.24) is 4.90 Å². The standard InChI is InChI=1S/C17H26N2O3/c1-17(2,3)22-16(21)18-14-6-4-5-13(11-14)12-19(9-10-20)15-7-8-15/h4-6,11,15,20H,7-10,12H2,1-3H3,(H,18,21). The van der Waals surface area contributed by atoms with Crippen molar-refractivity contribution in [3.63, 3.8) is 0 Å². The van der Waals surface area contributed by atoms with E-state index in [0.717, 1.165) is 17.8 Å². The van der Waals surface area contributed by atoms with Crippen LogP contribution in [0.5, 0.6) is 0 Å². The summed E-state index contributed by atoms with van der Waals surface area (Å²) in [5.74, 6) is 0. The van der Waals surface area contributed by atoms with Crippen molar-refractivity contribution in [2.75, 3.05) is 18.5 Å². The van der Waals surface area contributed by atoms with Gasteiger partial charge in [-0.05, 0) is 51.3 Å². The van der Waals surface area contributed by atoms with Gasteiger partial charge in [0.25, 0.3) is 0 Å². The Morgan fingerprint density at radius 1 is 1.41 bits per heavy atom. The normalized spacial score (nSPS) is 15.0. The molecule has 22 heavy (non-hydrogen) atoms. The number of carbonyl (C=O) groups excluding carboxylic acids is 1. The maximum atomic E-state index is 11.8. The lowest BCUT2D eigenvalue weighted by Crippen LogP contribution is -2.29. The Morgan fingerprint density at radius 3 is 2.73 bits per heavy atom. The maximum absolute atomic E-state index is 11.8. The number of anilines is 1. The molecule has 2 rings (SSSR count). The van der Waals surface area contributed by atoms with Crippen molar-refractivity contribution in [3.8, 4) is 0 Å². The molecular weight excluding hydrogens is 280 g/mol. The van der Waals surface area contributed by atoms with Gasteiger partial charge >= 0.3 is 6.09 Å². The summed E-state index contributed by atoms with van der Waals surface area (Å²) < 4.78 is 5.26. The fourth-order valence-electron chi connectivity index (χ4n) is 2.36. The van der Waals surface area contributed by atoms with Gasteiger partial charge in [0.1, 0.15) is 5.60 Å². The number of carbonyl (C=O) groups is 1. The highest BCUT2D eigenvalue weighted by molar-refractivity contribution is 5.84. The smallest absolute Gasteiger partial charge is 0.412 e. The fraction of sp³-hybridized carbons (Fsp3) is 0.588. The Hall–Kier alpha value is -1.59. The first-order valence-electron chi connectivity index (χ1n) is 7.81. The number of ether oxygens (including phenoxy) is 1. The first kappa shape index (κ1) is 16.8. The van der Waals surface area contributed by atoms with Gasteiger partial charge in [-0.1, -0.05) is 12.1 Å². The minimum Gasteiger partial charge on any atom is -0.444 e. The number of benzene rings is 1. The second-order valence-electron chi connectivity index (χ2n) is 6.75. The van der Waals surface area contributed by atoms with Crippen LogP contribution in [0, 0.1) is 0 Å². The van der Waals surface area contributed by atoms with Gasteiger partial charge in [-0.25, -0.2) is 4.79 Å². The van der Waals surface area contributed by atoms with E-state index >= 15 is 0 Å². The Labute approximate surface area is 132 Å². The van der Waals surface area contributed by atoms with E-state index < -0.39 is 11.7 Å². The molecule has 1 aromatic rings. The molecule has 122 valence electrons. The number of nitrogens with one attached hydrogen (secondary N) is 1. The van der Waals surface area contributed by atoms with E-state index in [4.69, 9.17) is 9.84 Å². The van der Waals surface area contributed by atoms with E-state index in [1.54, 1.807) is 0 Å². The van der Waals surface area contributed by atoms with Crippen molar-refractivity contribution in [1.29, 1.82) is 0 Å². The van der Waals surface area contributed by atoms with Gasteiger partial charge in [-0.2, -0.15) is 0 Å². The van der Waals surface area contributed by atoms with Gasteiger partial charge in [-0.15, -0.1) is 0 Å². The number of nitrogens with zero attached hydrogens (tertiary/aromatic N) is 1. The molecule has 0 bridgehead atoms. The largest absolute Gasteiger partial charge is 0.444 e. The van der Waals surface area contributed by atoms with E-state index in [0.29, 0.717) is 12.6 Å². The second kappa shape index (κ2) is 7.11. The SMILES string of the molecule is CC(C)(C)OC(=O)Nc1cccc(CN(CCO)C2CC2)c1. The molecule has 1 aliphatic carbocycles. The summed E-state index contributed by atoms with van der Waals surface area (Å²) in [6.07, 6.45) is 1.96. The highest BCUT2D eigenvalue weighted by atomic mass is 16.6. The third kappa shape index (κ3) is 5.66. The number of aliphatic hydroxyl groups is 1. The minimum absolute atomic E-state index is 0.173. The quantitative estimate of drug-likeness (QED) is 0.848. The summed E-state index contributed by atoms with van der Waals surface area (Å²) in [5.41, 5.74) is 1.34. The van der Waals surface area contributed by atoms with Crippen molar-refractivity contribution in [2.24, 2.45) is 0 Å². The first-order chi connectivity index (χ1) is 10.4. The predicted molar refractivity (Wildman–Crippen MR) is 86.8 cm³/mol. The zero-order chi connectivity index (χ0) is 16.2. The Balaban J connectivity index is 1.95. The molecule has 0 radical (unpaired) electrons. The van der Waals surface area contributed by atoms with Crippen LogP contribution in [0.25, 0.3) is 0 Å². The molecule has 1 aliphatic rings. The van der Waals surface area contributed by atoms with Gasteiger partial charge in [0.15, 0.2) is 0 Å². The molecule has 0 atom stereocenters. The van der Waals surface area contributed by atoms with Gasteiger partial charge in [-0.3, -0.25) is 10.2 Å². The lowest BCUT2D eigenvalue weighted by molar-refractivity contribution is 0.0636. The van der Waals surface area contributed by atoms with Crippen LogP contribution in [0.1, 0.15) is 39.2 Å². The minimum atomic E-state index is -0.508. The third-order valence-corrected chi connectivity index (χ3v) is 3.41. The first-order valence-corrected chi connectivity index (χ1v) is 7.81. The van der Waals surface area contributed by atoms with E-state index in [9.17, 15) is 4.79 Å². The number of aliphatic hydroxyl groups excluding tert-OH is 1. The average Bonchev–Trinajstić information content (AvgIpc) is 3.20. The predicted octanol–water partition coefficient (Wildman–Crippen LogP) is 2.99. The molecule has 1 saturated carbocycles. The summed E-state index contributed by atoms with van der Waals surface area (Å²) in [5, 5.41) is 11.9. The van der Waals surface area contributed by atoms with E-state index in [1.165, 1.54) is 12.8 Å². The molecule has 0 saturated heterocycles. The van der Waals surface area contributed by atoms with Crippen molar-refractivity contribution >= 4 is 11.8 Å². The highest BCUT2D eigenvalue weighted by Gasteiger charge is 2.28. The zero-order valence-corrected chi connectivity index (χ0v) is 13.6. The summed E-state index contributed by atoms with van der Waals surface area (Å²) >= 11 is 0. The molecule has 0 aromatic heterocycles. The highest BCUT2D eigenvalue weighted by Crippen LogP contribution is 2.28. The number of amides is 1. The van der Waals surface area contributed by atoms with Crippen LogP contribution in [0.15, 0.2) is 24.3 Å². The van der Waals surface area contributed by atoms with E-state index in [-0.39, 0.29) is 6.61 Å². The summed E-state index contributed by atoms with van der Waals surface area (Å²) in [6, 6.07) is 8.35. The van der Waals surface area contributed by atoms with Crippen LogP contribution >= 0.6 is 0 Å². The van der Waals surface area contributed by atoms with Crippen LogP contribution in [0.3, 0.4) is 0 Å². The van der Waals surface area contributed by atoms with E-state index in [2.05, 4.69) is 10.2 Å². The fourth-order valence-corrected chi connectivity index (χ4v) is 2.36. The number of hydrogen-bond acceptors (Lipinski definition) is 4. The zero-order valence-electron chi connectivity index (χ0n) is 13.6. The van der Waals surface area contributed by atoms with Crippen LogP contribution in [0.2, 0.25) is 0 Å². The van der Waals surface area contributed by atoms with Crippen LogP contribution in [0.4, 0.5) is 10.5 Å². The third-order valence-electron chi connectivity index (χ3n) is 3.41. The topological polar surface area (TPSA) is 61.8 Å². The number of rotatable bonds is 6. The summed E-state index contributed by atoms with van der Waals surface area (Å²) in [4.78, 5) is 14.1.